The van der Waals surface area contributed by atoms with Crippen molar-refractivity contribution in [2.24, 2.45) is 11.7 Å². The van der Waals surface area contributed by atoms with Crippen molar-refractivity contribution >= 4 is 27.5 Å². The van der Waals surface area contributed by atoms with Crippen molar-refractivity contribution in [1.29, 1.82) is 0 Å². The van der Waals surface area contributed by atoms with Gasteiger partial charge in [0.25, 0.3) is 0 Å². The van der Waals surface area contributed by atoms with Gasteiger partial charge in [-0.1, -0.05) is 33.6 Å². The first-order valence-electron chi connectivity index (χ1n) is 6.45. The average Bonchev–Trinajstić information content (AvgIpc) is 3.10. The van der Waals surface area contributed by atoms with Gasteiger partial charge in [0, 0.05) is 22.1 Å². The first kappa shape index (κ1) is 14.3. The van der Waals surface area contributed by atoms with Gasteiger partial charge < -0.3 is 10.6 Å². The molecule has 0 radical (unpaired) electrons. The highest BCUT2D eigenvalue weighted by Crippen LogP contribution is 2.30. The van der Waals surface area contributed by atoms with Crippen molar-refractivity contribution < 1.29 is 0 Å². The van der Waals surface area contributed by atoms with E-state index in [1.807, 2.05) is 18.2 Å². The SMILES string of the molecule is CN(CCC(N)c1ccc(Br)cc1Cl)CC1CC1. The van der Waals surface area contributed by atoms with Crippen LogP contribution >= 0.6 is 27.5 Å². The zero-order chi connectivity index (χ0) is 13.1. The second kappa shape index (κ2) is 6.38. The fourth-order valence-corrected chi connectivity index (χ4v) is 2.96. The van der Waals surface area contributed by atoms with Crippen molar-refractivity contribution in [1.82, 2.24) is 4.90 Å². The number of rotatable bonds is 6. The zero-order valence-electron chi connectivity index (χ0n) is 10.7. The van der Waals surface area contributed by atoms with Crippen LogP contribution in [0.5, 0.6) is 0 Å². The predicted molar refractivity (Wildman–Crippen MR) is 80.9 cm³/mol. The maximum Gasteiger partial charge on any atom is 0.0464 e. The Kier molecular flexibility index (Phi) is 5.07. The summed E-state index contributed by atoms with van der Waals surface area (Å²) in [5, 5.41) is 0.752. The Labute approximate surface area is 123 Å². The molecule has 1 aromatic rings. The summed E-state index contributed by atoms with van der Waals surface area (Å²) in [6, 6.07) is 5.93. The number of nitrogens with two attached hydrogens (primary N) is 1. The van der Waals surface area contributed by atoms with E-state index in [-0.39, 0.29) is 6.04 Å². The van der Waals surface area contributed by atoms with Gasteiger partial charge in [0.15, 0.2) is 0 Å². The Hall–Kier alpha value is -0.0900. The van der Waals surface area contributed by atoms with E-state index in [2.05, 4.69) is 27.9 Å². The Morgan fingerprint density at radius 2 is 2.22 bits per heavy atom. The van der Waals surface area contributed by atoms with Gasteiger partial charge in [-0.3, -0.25) is 0 Å². The van der Waals surface area contributed by atoms with Crippen LogP contribution in [0, 0.1) is 5.92 Å². The third-order valence-corrected chi connectivity index (χ3v) is 4.27. The molecule has 1 aromatic carbocycles. The van der Waals surface area contributed by atoms with Crippen molar-refractivity contribution in [2.75, 3.05) is 20.1 Å². The maximum absolute atomic E-state index is 6.21. The van der Waals surface area contributed by atoms with E-state index >= 15 is 0 Å². The Balaban J connectivity index is 1.84. The number of hydrogen-bond donors (Lipinski definition) is 1. The lowest BCUT2D eigenvalue weighted by Gasteiger charge is -2.20. The molecule has 0 heterocycles. The van der Waals surface area contributed by atoms with Crippen LogP contribution in [0.2, 0.25) is 5.02 Å². The Morgan fingerprint density at radius 3 is 2.83 bits per heavy atom. The molecule has 0 aliphatic heterocycles. The van der Waals surface area contributed by atoms with Crippen LogP contribution in [0.4, 0.5) is 0 Å². The molecule has 4 heteroatoms. The van der Waals surface area contributed by atoms with Crippen LogP contribution in [0.15, 0.2) is 22.7 Å². The summed E-state index contributed by atoms with van der Waals surface area (Å²) in [5.74, 6) is 0.933. The molecule has 1 unspecified atom stereocenters. The van der Waals surface area contributed by atoms with Crippen LogP contribution in [0.3, 0.4) is 0 Å². The number of halogens is 2. The molecule has 1 aliphatic rings. The maximum atomic E-state index is 6.21. The highest BCUT2D eigenvalue weighted by molar-refractivity contribution is 9.10. The normalized spacial score (nSPS) is 17.2. The molecule has 2 rings (SSSR count). The summed E-state index contributed by atoms with van der Waals surface area (Å²) >= 11 is 9.62. The van der Waals surface area contributed by atoms with E-state index < -0.39 is 0 Å². The van der Waals surface area contributed by atoms with Crippen LogP contribution in [-0.2, 0) is 0 Å². The van der Waals surface area contributed by atoms with Crippen LogP contribution < -0.4 is 5.73 Å². The fourth-order valence-electron chi connectivity index (χ4n) is 2.15. The number of hydrogen-bond acceptors (Lipinski definition) is 2. The lowest BCUT2D eigenvalue weighted by molar-refractivity contribution is 0.306. The van der Waals surface area contributed by atoms with Crippen molar-refractivity contribution in [3.05, 3.63) is 33.3 Å². The quantitative estimate of drug-likeness (QED) is 0.858. The molecule has 0 spiro atoms. The van der Waals surface area contributed by atoms with Crippen LogP contribution in [0.25, 0.3) is 0 Å². The summed E-state index contributed by atoms with van der Waals surface area (Å²) < 4.78 is 0.995. The average molecular weight is 332 g/mol. The second-order valence-corrected chi connectivity index (χ2v) is 6.59. The molecule has 2 nitrogen and oxygen atoms in total. The van der Waals surface area contributed by atoms with E-state index in [4.69, 9.17) is 17.3 Å². The third-order valence-electron chi connectivity index (χ3n) is 3.45. The molecule has 18 heavy (non-hydrogen) atoms. The van der Waals surface area contributed by atoms with Gasteiger partial charge in [-0.25, -0.2) is 0 Å². The molecule has 1 saturated carbocycles. The summed E-state index contributed by atoms with van der Waals surface area (Å²) in [4.78, 5) is 2.38. The fraction of sp³-hybridized carbons (Fsp3) is 0.571. The molecule has 1 fully saturated rings. The minimum Gasteiger partial charge on any atom is -0.324 e. The molecule has 0 aromatic heterocycles. The first-order valence-corrected chi connectivity index (χ1v) is 7.62. The zero-order valence-corrected chi connectivity index (χ0v) is 13.0. The molecular formula is C14H20BrClN2. The molecular weight excluding hydrogens is 312 g/mol. The van der Waals surface area contributed by atoms with E-state index in [9.17, 15) is 0 Å². The van der Waals surface area contributed by atoms with E-state index in [0.29, 0.717) is 0 Å². The van der Waals surface area contributed by atoms with Crippen LogP contribution in [-0.4, -0.2) is 25.0 Å². The molecule has 0 amide bonds. The van der Waals surface area contributed by atoms with Gasteiger partial charge in [0.1, 0.15) is 0 Å². The molecule has 1 atom stereocenters. The molecule has 2 N–H and O–H groups in total. The van der Waals surface area contributed by atoms with E-state index in [1.165, 1.54) is 19.4 Å². The summed E-state index contributed by atoms with van der Waals surface area (Å²) in [7, 11) is 2.17. The van der Waals surface area contributed by atoms with Gasteiger partial charge >= 0.3 is 0 Å². The highest BCUT2D eigenvalue weighted by atomic mass is 79.9. The van der Waals surface area contributed by atoms with Crippen molar-refractivity contribution in [3.63, 3.8) is 0 Å². The molecule has 1 aliphatic carbocycles. The summed E-state index contributed by atoms with van der Waals surface area (Å²) in [6.45, 7) is 2.24. The minimum atomic E-state index is 0.0206. The van der Waals surface area contributed by atoms with Gasteiger partial charge in [-0.2, -0.15) is 0 Å². The topological polar surface area (TPSA) is 29.3 Å². The Morgan fingerprint density at radius 1 is 1.50 bits per heavy atom. The standard InChI is InChI=1S/C14H20BrClN2/c1-18(9-10-2-3-10)7-6-14(17)12-5-4-11(15)8-13(12)16/h4-5,8,10,14H,2-3,6-7,9,17H2,1H3. The van der Waals surface area contributed by atoms with Crippen molar-refractivity contribution in [3.8, 4) is 0 Å². The van der Waals surface area contributed by atoms with E-state index in [0.717, 1.165) is 33.9 Å². The van der Waals surface area contributed by atoms with Gasteiger partial charge in [0.2, 0.25) is 0 Å². The van der Waals surface area contributed by atoms with E-state index in [1.54, 1.807) is 0 Å². The lowest BCUT2D eigenvalue weighted by Crippen LogP contribution is -2.25. The largest absolute Gasteiger partial charge is 0.324 e. The highest BCUT2D eigenvalue weighted by Gasteiger charge is 2.22. The lowest BCUT2D eigenvalue weighted by atomic mass is 10.0. The predicted octanol–water partition coefficient (Wildman–Crippen LogP) is 3.83. The third kappa shape index (κ3) is 4.23. The second-order valence-electron chi connectivity index (χ2n) is 5.27. The van der Waals surface area contributed by atoms with Crippen LogP contribution in [0.1, 0.15) is 30.9 Å². The van der Waals surface area contributed by atoms with Crippen molar-refractivity contribution in [2.45, 2.75) is 25.3 Å². The number of benzene rings is 1. The summed E-state index contributed by atoms with van der Waals surface area (Å²) in [6.07, 6.45) is 3.74. The molecule has 100 valence electrons. The molecule has 0 saturated heterocycles. The summed E-state index contributed by atoms with van der Waals surface area (Å²) in [5.41, 5.74) is 7.26. The van der Waals surface area contributed by atoms with Gasteiger partial charge in [-0.05, 0) is 56.5 Å². The van der Waals surface area contributed by atoms with Gasteiger partial charge in [-0.15, -0.1) is 0 Å². The first-order chi connectivity index (χ1) is 8.56. The monoisotopic (exact) mass is 330 g/mol. The smallest absolute Gasteiger partial charge is 0.0464 e. The van der Waals surface area contributed by atoms with Gasteiger partial charge in [0.05, 0.1) is 0 Å². The Bertz CT molecular complexity index is 407. The minimum absolute atomic E-state index is 0.0206. The molecule has 0 bridgehead atoms. The number of nitrogens with zero attached hydrogens (tertiary/aromatic N) is 1.